The molecule has 0 aromatic carbocycles. The Morgan fingerprint density at radius 3 is 2.79 bits per heavy atom. The van der Waals surface area contributed by atoms with Crippen LogP contribution >= 0.6 is 11.3 Å². The van der Waals surface area contributed by atoms with E-state index in [0.29, 0.717) is 30.7 Å². The van der Waals surface area contributed by atoms with Gasteiger partial charge in [-0.3, -0.25) is 19.8 Å². The molecular formula is C15H21N5O3S. The van der Waals surface area contributed by atoms with Crippen LogP contribution in [0.5, 0.6) is 0 Å². The highest BCUT2D eigenvalue weighted by Gasteiger charge is 2.37. The number of carbonyl (C=O) groups excluding carboxylic acids is 3. The van der Waals surface area contributed by atoms with Gasteiger partial charge < -0.3 is 21.7 Å². The number of amidine groups is 1. The normalized spacial score (nSPS) is 20.1. The van der Waals surface area contributed by atoms with Crippen LogP contribution in [0.2, 0.25) is 0 Å². The molecule has 6 N–H and O–H groups in total. The lowest BCUT2D eigenvalue weighted by molar-refractivity contribution is -0.136. The van der Waals surface area contributed by atoms with Crippen molar-refractivity contribution in [1.82, 2.24) is 16.0 Å². The SMILES string of the molecule is CC1(C(=O)NCC(=O)NCc2ccc(C(=N)N)s2)CCCC(=O)N1. The zero-order chi connectivity index (χ0) is 17.7. The molecule has 8 nitrogen and oxygen atoms in total. The average Bonchev–Trinajstić information content (AvgIpc) is 2.99. The van der Waals surface area contributed by atoms with Crippen molar-refractivity contribution in [2.45, 2.75) is 38.3 Å². The second-order valence-electron chi connectivity index (χ2n) is 5.87. The third-order valence-corrected chi connectivity index (χ3v) is 4.91. The Morgan fingerprint density at radius 1 is 1.42 bits per heavy atom. The molecule has 2 heterocycles. The molecular weight excluding hydrogens is 330 g/mol. The summed E-state index contributed by atoms with van der Waals surface area (Å²) in [7, 11) is 0. The Hall–Kier alpha value is -2.42. The molecule has 1 fully saturated rings. The van der Waals surface area contributed by atoms with Gasteiger partial charge in [0.15, 0.2) is 0 Å². The Bertz CT molecular complexity index is 672. The van der Waals surface area contributed by atoms with Crippen LogP contribution in [0.15, 0.2) is 12.1 Å². The number of carbonyl (C=O) groups is 3. The van der Waals surface area contributed by atoms with Crippen LogP contribution in [0.4, 0.5) is 0 Å². The number of hydrogen-bond acceptors (Lipinski definition) is 5. The minimum Gasteiger partial charge on any atom is -0.383 e. The van der Waals surface area contributed by atoms with Crippen molar-refractivity contribution < 1.29 is 14.4 Å². The lowest BCUT2D eigenvalue weighted by Gasteiger charge is -2.32. The number of piperidine rings is 1. The van der Waals surface area contributed by atoms with Crippen molar-refractivity contribution in [3.63, 3.8) is 0 Å². The largest absolute Gasteiger partial charge is 0.383 e. The summed E-state index contributed by atoms with van der Waals surface area (Å²) in [5.41, 5.74) is 4.43. The van der Waals surface area contributed by atoms with Crippen molar-refractivity contribution in [2.75, 3.05) is 6.54 Å². The molecule has 1 atom stereocenters. The van der Waals surface area contributed by atoms with E-state index in [9.17, 15) is 14.4 Å². The molecule has 1 aromatic rings. The first-order chi connectivity index (χ1) is 11.3. The number of nitrogen functional groups attached to an aromatic ring is 1. The van der Waals surface area contributed by atoms with Crippen molar-refractivity contribution in [1.29, 1.82) is 5.41 Å². The fourth-order valence-corrected chi connectivity index (χ4v) is 3.24. The monoisotopic (exact) mass is 351 g/mol. The molecule has 1 aliphatic rings. The lowest BCUT2D eigenvalue weighted by Crippen LogP contribution is -2.59. The predicted molar refractivity (Wildman–Crippen MR) is 90.6 cm³/mol. The van der Waals surface area contributed by atoms with Gasteiger partial charge in [-0.05, 0) is 31.9 Å². The molecule has 0 radical (unpaired) electrons. The summed E-state index contributed by atoms with van der Waals surface area (Å²) in [6.45, 7) is 1.81. The van der Waals surface area contributed by atoms with Crippen LogP contribution in [0.1, 0.15) is 35.9 Å². The quantitative estimate of drug-likeness (QED) is 0.359. The highest BCUT2D eigenvalue weighted by molar-refractivity contribution is 7.14. The Kier molecular flexibility index (Phi) is 5.55. The van der Waals surface area contributed by atoms with Gasteiger partial charge in [0.25, 0.3) is 0 Å². The molecule has 24 heavy (non-hydrogen) atoms. The van der Waals surface area contributed by atoms with Gasteiger partial charge in [0.2, 0.25) is 17.7 Å². The topological polar surface area (TPSA) is 137 Å². The maximum absolute atomic E-state index is 12.2. The Balaban J connectivity index is 1.77. The summed E-state index contributed by atoms with van der Waals surface area (Å²) in [6, 6.07) is 3.52. The summed E-state index contributed by atoms with van der Waals surface area (Å²) in [5.74, 6) is -0.845. The van der Waals surface area contributed by atoms with Crippen LogP contribution in [0, 0.1) is 5.41 Å². The maximum Gasteiger partial charge on any atom is 0.245 e. The molecule has 1 saturated heterocycles. The van der Waals surface area contributed by atoms with E-state index in [4.69, 9.17) is 11.1 Å². The van der Waals surface area contributed by atoms with Gasteiger partial charge in [0.1, 0.15) is 11.4 Å². The fourth-order valence-electron chi connectivity index (χ4n) is 2.43. The number of nitrogens with one attached hydrogen (secondary N) is 4. The van der Waals surface area contributed by atoms with Gasteiger partial charge in [-0.2, -0.15) is 0 Å². The van der Waals surface area contributed by atoms with Gasteiger partial charge in [-0.25, -0.2) is 0 Å². The van der Waals surface area contributed by atoms with E-state index in [1.165, 1.54) is 11.3 Å². The van der Waals surface area contributed by atoms with Crippen molar-refractivity contribution in [3.05, 3.63) is 21.9 Å². The van der Waals surface area contributed by atoms with Crippen LogP contribution in [0.25, 0.3) is 0 Å². The number of nitrogens with two attached hydrogens (primary N) is 1. The molecule has 1 unspecified atom stereocenters. The second kappa shape index (κ2) is 7.43. The van der Waals surface area contributed by atoms with Crippen LogP contribution in [0.3, 0.4) is 0 Å². The Morgan fingerprint density at radius 2 is 2.17 bits per heavy atom. The van der Waals surface area contributed by atoms with Crippen LogP contribution in [-0.4, -0.2) is 35.6 Å². The van der Waals surface area contributed by atoms with E-state index in [-0.39, 0.29) is 30.1 Å². The zero-order valence-electron chi connectivity index (χ0n) is 13.4. The van der Waals surface area contributed by atoms with E-state index in [0.717, 1.165) is 4.88 Å². The number of thiophene rings is 1. The molecule has 0 aliphatic carbocycles. The Labute approximate surface area is 143 Å². The van der Waals surface area contributed by atoms with Gasteiger partial charge in [0, 0.05) is 11.3 Å². The number of hydrogen-bond donors (Lipinski definition) is 5. The van der Waals surface area contributed by atoms with Gasteiger partial charge in [0.05, 0.1) is 18.0 Å². The van der Waals surface area contributed by atoms with Crippen molar-refractivity contribution in [2.24, 2.45) is 5.73 Å². The lowest BCUT2D eigenvalue weighted by atomic mass is 9.90. The van der Waals surface area contributed by atoms with E-state index >= 15 is 0 Å². The summed E-state index contributed by atoms with van der Waals surface area (Å²) in [5, 5.41) is 15.3. The first-order valence-corrected chi connectivity index (χ1v) is 8.41. The minimum atomic E-state index is -0.959. The molecule has 130 valence electrons. The predicted octanol–water partition coefficient (Wildman–Crippen LogP) is -0.177. The molecule has 1 aliphatic heterocycles. The molecule has 1 aromatic heterocycles. The first kappa shape index (κ1) is 17.9. The molecule has 0 bridgehead atoms. The summed E-state index contributed by atoms with van der Waals surface area (Å²) < 4.78 is 0. The number of amides is 3. The molecule has 0 saturated carbocycles. The highest BCUT2D eigenvalue weighted by Crippen LogP contribution is 2.19. The minimum absolute atomic E-state index is 0.00684. The smallest absolute Gasteiger partial charge is 0.245 e. The van der Waals surface area contributed by atoms with Gasteiger partial charge in [-0.1, -0.05) is 0 Å². The third kappa shape index (κ3) is 4.54. The third-order valence-electron chi connectivity index (χ3n) is 3.79. The van der Waals surface area contributed by atoms with E-state index < -0.39 is 5.54 Å². The number of rotatable bonds is 6. The molecule has 9 heteroatoms. The molecule has 0 spiro atoms. The second-order valence-corrected chi connectivity index (χ2v) is 7.04. The van der Waals surface area contributed by atoms with Gasteiger partial charge in [-0.15, -0.1) is 11.3 Å². The summed E-state index contributed by atoms with van der Waals surface area (Å²) in [6.07, 6.45) is 1.63. The first-order valence-electron chi connectivity index (χ1n) is 7.59. The van der Waals surface area contributed by atoms with Gasteiger partial charge >= 0.3 is 0 Å². The van der Waals surface area contributed by atoms with Crippen LogP contribution in [-0.2, 0) is 20.9 Å². The fraction of sp³-hybridized carbons (Fsp3) is 0.467. The highest BCUT2D eigenvalue weighted by atomic mass is 32.1. The standard InChI is InChI=1S/C15H21N5O3S/c1-15(6-2-3-11(21)20-15)14(23)19-8-12(22)18-7-9-4-5-10(24-9)13(16)17/h4-5H,2-3,6-8H2,1H3,(H3,16,17)(H,18,22)(H,19,23)(H,20,21). The van der Waals surface area contributed by atoms with Crippen LogP contribution < -0.4 is 21.7 Å². The summed E-state index contributed by atoms with van der Waals surface area (Å²) >= 11 is 1.33. The maximum atomic E-state index is 12.2. The molecule has 2 rings (SSSR count). The summed E-state index contributed by atoms with van der Waals surface area (Å²) in [4.78, 5) is 37.0. The van der Waals surface area contributed by atoms with Crippen molar-refractivity contribution in [3.8, 4) is 0 Å². The average molecular weight is 351 g/mol. The van der Waals surface area contributed by atoms with E-state index in [2.05, 4.69) is 16.0 Å². The molecule has 3 amide bonds. The van der Waals surface area contributed by atoms with E-state index in [1.807, 2.05) is 0 Å². The van der Waals surface area contributed by atoms with E-state index in [1.54, 1.807) is 19.1 Å². The zero-order valence-corrected chi connectivity index (χ0v) is 14.2. The van der Waals surface area contributed by atoms with Crippen molar-refractivity contribution >= 4 is 34.9 Å².